The second kappa shape index (κ2) is 8.80. The fourth-order valence-electron chi connectivity index (χ4n) is 4.28. The maximum Gasteiger partial charge on any atom is 0.339 e. The molecule has 0 bridgehead atoms. The number of aromatic hydroxyl groups is 1. The molecule has 0 unspecified atom stereocenters. The van der Waals surface area contributed by atoms with E-state index < -0.39 is 11.4 Å². The highest BCUT2D eigenvalue weighted by Gasteiger charge is 2.25. The third kappa shape index (κ3) is 4.00. The van der Waals surface area contributed by atoms with Crippen LogP contribution in [-0.4, -0.2) is 18.0 Å². The summed E-state index contributed by atoms with van der Waals surface area (Å²) in [4.78, 5) is 25.8. The van der Waals surface area contributed by atoms with E-state index in [9.17, 15) is 14.7 Å². The van der Waals surface area contributed by atoms with Gasteiger partial charge in [-0.3, -0.25) is 4.79 Å². The number of rotatable bonds is 6. The molecule has 0 radical (unpaired) electrons. The molecule has 5 heteroatoms. The molecule has 0 amide bonds. The summed E-state index contributed by atoms with van der Waals surface area (Å²) < 4.78 is 10.8. The predicted octanol–water partition coefficient (Wildman–Crippen LogP) is 5.23. The van der Waals surface area contributed by atoms with Gasteiger partial charge in [0.25, 0.3) is 0 Å². The van der Waals surface area contributed by atoms with Gasteiger partial charge in [-0.15, -0.1) is 0 Å². The number of allylic oxidation sites excluding steroid dienone is 1. The number of ether oxygens (including phenoxy) is 1. The van der Waals surface area contributed by atoms with Crippen molar-refractivity contribution in [1.82, 2.24) is 0 Å². The highest BCUT2D eigenvalue weighted by atomic mass is 16.5. The van der Waals surface area contributed by atoms with Crippen LogP contribution in [0.5, 0.6) is 11.5 Å². The first-order valence-corrected chi connectivity index (χ1v) is 10.7. The van der Waals surface area contributed by atoms with Gasteiger partial charge in [-0.2, -0.15) is 0 Å². The number of carbonyl (C=O) groups excluding carboxylic acids is 1. The van der Waals surface area contributed by atoms with E-state index in [-0.39, 0.29) is 16.9 Å². The van der Waals surface area contributed by atoms with Crippen LogP contribution >= 0.6 is 0 Å². The van der Waals surface area contributed by atoms with Gasteiger partial charge >= 0.3 is 5.63 Å². The van der Waals surface area contributed by atoms with E-state index in [0.29, 0.717) is 24.0 Å². The molecule has 0 aliphatic heterocycles. The number of hydrogen-bond donors (Lipinski definition) is 1. The first kappa shape index (κ1) is 20.9. The average Bonchev–Trinajstić information content (AvgIpc) is 2.79. The molecule has 0 fully saturated rings. The SMILES string of the molecule is CCCc1cc2c3c(c(=O)oc2c(C(=O)/C=C/c2ccc(OC)cc2)c1O)CCCC3. The molecule has 0 atom stereocenters. The number of carbonyl (C=O) groups is 1. The molecule has 160 valence electrons. The van der Waals surface area contributed by atoms with Crippen molar-refractivity contribution in [2.75, 3.05) is 7.11 Å². The molecule has 4 rings (SSSR count). The van der Waals surface area contributed by atoms with Crippen molar-refractivity contribution in [3.8, 4) is 11.5 Å². The Morgan fingerprint density at radius 3 is 2.55 bits per heavy atom. The molecule has 0 spiro atoms. The van der Waals surface area contributed by atoms with Gasteiger partial charge in [0, 0.05) is 10.9 Å². The Bertz CT molecular complexity index is 1220. The highest BCUT2D eigenvalue weighted by molar-refractivity contribution is 6.16. The van der Waals surface area contributed by atoms with Crippen LogP contribution in [0.2, 0.25) is 0 Å². The second-order valence-corrected chi connectivity index (χ2v) is 7.91. The zero-order chi connectivity index (χ0) is 22.0. The molecule has 2 aromatic carbocycles. The number of fused-ring (bicyclic) bond motifs is 3. The van der Waals surface area contributed by atoms with E-state index in [1.165, 1.54) is 6.08 Å². The van der Waals surface area contributed by atoms with Crippen LogP contribution in [-0.2, 0) is 19.3 Å². The van der Waals surface area contributed by atoms with E-state index in [2.05, 4.69) is 0 Å². The van der Waals surface area contributed by atoms with E-state index in [1.54, 1.807) is 13.2 Å². The molecule has 5 nitrogen and oxygen atoms in total. The van der Waals surface area contributed by atoms with Crippen LogP contribution in [0.15, 0.2) is 45.6 Å². The van der Waals surface area contributed by atoms with E-state index in [0.717, 1.165) is 47.9 Å². The van der Waals surface area contributed by atoms with Gasteiger partial charge in [-0.05, 0) is 73.1 Å². The maximum atomic E-state index is 13.2. The van der Waals surface area contributed by atoms with Crippen LogP contribution in [0, 0.1) is 0 Å². The third-order valence-corrected chi connectivity index (χ3v) is 5.87. The number of ketones is 1. The number of phenolic OH excluding ortho intramolecular Hbond substituents is 1. The zero-order valence-corrected chi connectivity index (χ0v) is 17.9. The molecule has 1 aromatic heterocycles. The second-order valence-electron chi connectivity index (χ2n) is 7.91. The summed E-state index contributed by atoms with van der Waals surface area (Å²) in [6.07, 6.45) is 7.98. The lowest BCUT2D eigenvalue weighted by Gasteiger charge is -2.18. The number of benzene rings is 2. The standard InChI is InChI=1S/C26H26O5/c1-3-6-17-15-21-19-7-4-5-8-20(19)26(29)31-25(21)23(24(17)28)22(27)14-11-16-9-12-18(30-2)13-10-16/h9-15,28H,3-8H2,1-2H3/b14-11+. The maximum absolute atomic E-state index is 13.2. The van der Waals surface area contributed by atoms with Crippen molar-refractivity contribution < 1.29 is 19.1 Å². The van der Waals surface area contributed by atoms with Crippen LogP contribution < -0.4 is 10.4 Å². The smallest absolute Gasteiger partial charge is 0.339 e. The highest BCUT2D eigenvalue weighted by Crippen LogP contribution is 2.36. The number of aryl methyl sites for hydroxylation is 2. The molecule has 1 aliphatic rings. The normalized spacial score (nSPS) is 13.5. The van der Waals surface area contributed by atoms with Crippen LogP contribution in [0.4, 0.5) is 0 Å². The van der Waals surface area contributed by atoms with Gasteiger partial charge < -0.3 is 14.3 Å². The molecular formula is C26H26O5. The Morgan fingerprint density at radius 2 is 1.87 bits per heavy atom. The number of methoxy groups -OCH3 is 1. The average molecular weight is 418 g/mol. The van der Waals surface area contributed by atoms with Crippen molar-refractivity contribution in [3.63, 3.8) is 0 Å². The van der Waals surface area contributed by atoms with Gasteiger partial charge in [0.1, 0.15) is 17.1 Å². The summed E-state index contributed by atoms with van der Waals surface area (Å²) in [7, 11) is 1.60. The topological polar surface area (TPSA) is 76.7 Å². The Labute approximate surface area is 181 Å². The molecule has 1 heterocycles. The third-order valence-electron chi connectivity index (χ3n) is 5.87. The van der Waals surface area contributed by atoms with Crippen LogP contribution in [0.25, 0.3) is 17.0 Å². The van der Waals surface area contributed by atoms with Gasteiger partial charge in [-0.1, -0.05) is 31.6 Å². The lowest BCUT2D eigenvalue weighted by molar-refractivity contribution is 0.104. The number of hydrogen-bond acceptors (Lipinski definition) is 5. The Kier molecular flexibility index (Phi) is 5.94. The van der Waals surface area contributed by atoms with Crippen molar-refractivity contribution in [2.24, 2.45) is 0 Å². The summed E-state index contributed by atoms with van der Waals surface area (Å²) in [6.45, 7) is 2.02. The molecule has 3 aromatic rings. The van der Waals surface area contributed by atoms with Gasteiger partial charge in [-0.25, -0.2) is 4.79 Å². The molecular weight excluding hydrogens is 392 g/mol. The molecule has 0 saturated heterocycles. The molecule has 1 aliphatic carbocycles. The van der Waals surface area contributed by atoms with Crippen molar-refractivity contribution in [3.05, 3.63) is 74.6 Å². The summed E-state index contributed by atoms with van der Waals surface area (Å²) in [5, 5.41) is 11.7. The van der Waals surface area contributed by atoms with Crippen LogP contribution in [0.3, 0.4) is 0 Å². The first-order valence-electron chi connectivity index (χ1n) is 10.7. The summed E-state index contributed by atoms with van der Waals surface area (Å²) in [6, 6.07) is 9.19. The van der Waals surface area contributed by atoms with Crippen molar-refractivity contribution >= 4 is 22.8 Å². The lowest BCUT2D eigenvalue weighted by Crippen LogP contribution is -2.17. The van der Waals surface area contributed by atoms with Crippen molar-refractivity contribution in [1.29, 1.82) is 0 Å². The number of phenols is 1. The van der Waals surface area contributed by atoms with E-state index in [4.69, 9.17) is 9.15 Å². The fraction of sp³-hybridized carbons (Fsp3) is 0.308. The summed E-state index contributed by atoms with van der Waals surface area (Å²) in [5.74, 6) is 0.235. The van der Waals surface area contributed by atoms with Crippen molar-refractivity contribution in [2.45, 2.75) is 45.4 Å². The molecule has 31 heavy (non-hydrogen) atoms. The molecule has 1 N–H and O–H groups in total. The Balaban J connectivity index is 1.85. The van der Waals surface area contributed by atoms with Crippen LogP contribution in [0.1, 0.15) is 58.8 Å². The van der Waals surface area contributed by atoms with E-state index in [1.807, 2.05) is 37.3 Å². The monoisotopic (exact) mass is 418 g/mol. The zero-order valence-electron chi connectivity index (χ0n) is 17.9. The first-order chi connectivity index (χ1) is 15.0. The minimum absolute atomic E-state index is 0.0659. The fourth-order valence-corrected chi connectivity index (χ4v) is 4.28. The van der Waals surface area contributed by atoms with Gasteiger partial charge in [0.05, 0.1) is 7.11 Å². The van der Waals surface area contributed by atoms with Gasteiger partial charge in [0.2, 0.25) is 0 Å². The predicted molar refractivity (Wildman–Crippen MR) is 121 cm³/mol. The quantitative estimate of drug-likeness (QED) is 0.337. The van der Waals surface area contributed by atoms with Gasteiger partial charge in [0.15, 0.2) is 11.4 Å². The summed E-state index contributed by atoms with van der Waals surface area (Å²) in [5.41, 5.74) is 3.04. The Hall–Kier alpha value is -3.34. The Morgan fingerprint density at radius 1 is 1.16 bits per heavy atom. The lowest BCUT2D eigenvalue weighted by atomic mass is 9.88. The largest absolute Gasteiger partial charge is 0.507 e. The molecule has 0 saturated carbocycles. The van der Waals surface area contributed by atoms with E-state index >= 15 is 0 Å². The minimum atomic E-state index is -0.405. The summed E-state index contributed by atoms with van der Waals surface area (Å²) >= 11 is 0. The minimum Gasteiger partial charge on any atom is -0.507 e.